The van der Waals surface area contributed by atoms with Crippen LogP contribution in [0.1, 0.15) is 28.7 Å². The lowest BCUT2D eigenvalue weighted by molar-refractivity contribution is -0.141. The molecule has 0 saturated heterocycles. The maximum absolute atomic E-state index is 12.5. The van der Waals surface area contributed by atoms with Crippen molar-refractivity contribution in [1.29, 1.82) is 0 Å². The highest BCUT2D eigenvalue weighted by Crippen LogP contribution is 2.30. The van der Waals surface area contributed by atoms with Crippen molar-refractivity contribution in [2.75, 3.05) is 7.11 Å². The van der Waals surface area contributed by atoms with Gasteiger partial charge in [-0.1, -0.05) is 18.2 Å². The molecule has 6 nitrogen and oxygen atoms in total. The van der Waals surface area contributed by atoms with Gasteiger partial charge in [-0.25, -0.2) is 4.68 Å². The van der Waals surface area contributed by atoms with Crippen molar-refractivity contribution >= 4 is 33.4 Å². The first kappa shape index (κ1) is 17.2. The molecule has 0 saturated carbocycles. The van der Waals surface area contributed by atoms with E-state index in [1.807, 2.05) is 48.0 Å². The van der Waals surface area contributed by atoms with Crippen molar-refractivity contribution in [3.8, 4) is 5.69 Å². The zero-order valence-corrected chi connectivity index (χ0v) is 15.1. The molecule has 0 fully saturated rings. The number of methoxy groups -OCH3 is 1. The summed E-state index contributed by atoms with van der Waals surface area (Å²) in [6, 6.07) is 11.4. The van der Waals surface area contributed by atoms with E-state index in [1.54, 1.807) is 6.92 Å². The van der Waals surface area contributed by atoms with Crippen LogP contribution in [0.4, 0.5) is 0 Å². The normalized spacial score (nSPS) is 12.1. The first-order valence-corrected chi connectivity index (χ1v) is 8.73. The molecule has 1 aromatic carbocycles. The van der Waals surface area contributed by atoms with Crippen LogP contribution in [0.2, 0.25) is 0 Å². The Bertz CT molecular complexity index is 914. The molecule has 3 rings (SSSR count). The number of ether oxygens (including phenoxy) is 1. The quantitative estimate of drug-likeness (QED) is 0.712. The zero-order chi connectivity index (χ0) is 18.0. The fraction of sp³-hybridized carbons (Fsp3) is 0.278. The first-order chi connectivity index (χ1) is 12.0. The number of rotatable bonds is 5. The lowest BCUT2D eigenvalue weighted by Gasteiger charge is -2.11. The summed E-state index contributed by atoms with van der Waals surface area (Å²) in [5, 5.41) is 8.36. The van der Waals surface area contributed by atoms with Crippen LogP contribution in [0.5, 0.6) is 0 Å². The summed E-state index contributed by atoms with van der Waals surface area (Å²) in [6.45, 7) is 3.70. The highest BCUT2D eigenvalue weighted by atomic mass is 32.1. The summed E-state index contributed by atoms with van der Waals surface area (Å²) in [5.41, 5.74) is 1.82. The van der Waals surface area contributed by atoms with Crippen molar-refractivity contribution < 1.29 is 14.3 Å². The Labute approximate surface area is 149 Å². The van der Waals surface area contributed by atoms with Gasteiger partial charge in [-0.15, -0.1) is 11.3 Å². The average molecular weight is 357 g/mol. The number of hydrogen-bond acceptors (Lipinski definition) is 5. The van der Waals surface area contributed by atoms with Crippen LogP contribution in [0, 0.1) is 6.92 Å². The predicted molar refractivity (Wildman–Crippen MR) is 97.2 cm³/mol. The predicted octanol–water partition coefficient (Wildman–Crippen LogP) is 3.08. The fourth-order valence-corrected chi connectivity index (χ4v) is 3.67. The first-order valence-electron chi connectivity index (χ1n) is 7.92. The third kappa shape index (κ3) is 3.56. The average Bonchev–Trinajstić information content (AvgIpc) is 3.16. The number of amides is 1. The smallest absolute Gasteiger partial charge is 0.307 e. The van der Waals surface area contributed by atoms with Gasteiger partial charge in [0.2, 0.25) is 0 Å². The minimum atomic E-state index is -0.347. The van der Waals surface area contributed by atoms with Gasteiger partial charge >= 0.3 is 5.97 Å². The van der Waals surface area contributed by atoms with Crippen LogP contribution in [-0.2, 0) is 9.53 Å². The highest BCUT2D eigenvalue weighted by molar-refractivity contribution is 7.20. The van der Waals surface area contributed by atoms with Crippen LogP contribution >= 0.6 is 11.3 Å². The molecule has 1 atom stereocenters. The Kier molecular flexibility index (Phi) is 4.85. The lowest BCUT2D eigenvalue weighted by Crippen LogP contribution is -2.34. The molecule has 25 heavy (non-hydrogen) atoms. The molecule has 1 amide bonds. The van der Waals surface area contributed by atoms with Crippen LogP contribution in [0.3, 0.4) is 0 Å². The van der Waals surface area contributed by atoms with Gasteiger partial charge in [0.15, 0.2) is 0 Å². The van der Waals surface area contributed by atoms with Gasteiger partial charge in [-0.3, -0.25) is 9.59 Å². The van der Waals surface area contributed by atoms with Gasteiger partial charge < -0.3 is 10.1 Å². The topological polar surface area (TPSA) is 73.2 Å². The van der Waals surface area contributed by atoms with E-state index in [4.69, 9.17) is 0 Å². The van der Waals surface area contributed by atoms with E-state index < -0.39 is 0 Å². The third-order valence-corrected chi connectivity index (χ3v) is 4.96. The Morgan fingerprint density at radius 2 is 2.04 bits per heavy atom. The number of carbonyl (C=O) groups is 2. The van der Waals surface area contributed by atoms with Crippen molar-refractivity contribution in [3.63, 3.8) is 0 Å². The molecule has 0 aliphatic rings. The minimum Gasteiger partial charge on any atom is -0.469 e. The number of esters is 1. The van der Waals surface area contributed by atoms with Crippen LogP contribution in [0.25, 0.3) is 15.9 Å². The fourth-order valence-electron chi connectivity index (χ4n) is 2.58. The van der Waals surface area contributed by atoms with E-state index in [-0.39, 0.29) is 24.3 Å². The van der Waals surface area contributed by atoms with Gasteiger partial charge in [0.1, 0.15) is 4.83 Å². The molecule has 0 aliphatic heterocycles. The number of para-hydroxylation sites is 1. The Morgan fingerprint density at radius 1 is 1.32 bits per heavy atom. The van der Waals surface area contributed by atoms with Gasteiger partial charge in [0.25, 0.3) is 5.91 Å². The van der Waals surface area contributed by atoms with Crippen molar-refractivity contribution in [2.24, 2.45) is 0 Å². The molecular weight excluding hydrogens is 338 g/mol. The Balaban J connectivity index is 1.86. The van der Waals surface area contributed by atoms with E-state index >= 15 is 0 Å². The number of nitrogens with one attached hydrogen (secondary N) is 1. The molecular formula is C18H19N3O3S. The zero-order valence-electron chi connectivity index (χ0n) is 14.3. The van der Waals surface area contributed by atoms with E-state index in [1.165, 1.54) is 18.4 Å². The second-order valence-corrected chi connectivity index (χ2v) is 6.85. The Hall–Kier alpha value is -2.67. The van der Waals surface area contributed by atoms with E-state index in [9.17, 15) is 9.59 Å². The van der Waals surface area contributed by atoms with Gasteiger partial charge in [-0.05, 0) is 32.0 Å². The second kappa shape index (κ2) is 7.06. The molecule has 130 valence electrons. The van der Waals surface area contributed by atoms with Gasteiger partial charge in [-0.2, -0.15) is 5.10 Å². The van der Waals surface area contributed by atoms with Crippen LogP contribution < -0.4 is 5.32 Å². The summed E-state index contributed by atoms with van der Waals surface area (Å²) in [6.07, 6.45) is 0.143. The van der Waals surface area contributed by atoms with Crippen molar-refractivity contribution in [3.05, 3.63) is 47.0 Å². The monoisotopic (exact) mass is 357 g/mol. The number of benzene rings is 1. The molecule has 0 aliphatic carbocycles. The number of fused-ring (bicyclic) bond motifs is 1. The number of carbonyl (C=O) groups excluding carboxylic acids is 2. The molecule has 3 aromatic rings. The number of aryl methyl sites for hydroxylation is 1. The third-order valence-electron chi connectivity index (χ3n) is 3.85. The van der Waals surface area contributed by atoms with Crippen LogP contribution in [-0.4, -0.2) is 34.8 Å². The second-order valence-electron chi connectivity index (χ2n) is 5.82. The molecule has 0 bridgehead atoms. The number of thiophene rings is 1. The Morgan fingerprint density at radius 3 is 2.72 bits per heavy atom. The SMILES string of the molecule is COC(=O)CC(C)NC(=O)c1cc2c(C)nn(-c3ccccc3)c2s1. The minimum absolute atomic E-state index is 0.143. The lowest BCUT2D eigenvalue weighted by atomic mass is 10.2. The molecule has 2 aromatic heterocycles. The summed E-state index contributed by atoms with van der Waals surface area (Å²) < 4.78 is 6.48. The standard InChI is InChI=1S/C18H19N3O3S/c1-11(9-16(22)24-3)19-17(23)15-10-14-12(2)20-21(18(14)25-15)13-7-5-4-6-8-13/h4-8,10-11H,9H2,1-3H3,(H,19,23). The summed E-state index contributed by atoms with van der Waals surface area (Å²) in [5.74, 6) is -0.545. The summed E-state index contributed by atoms with van der Waals surface area (Å²) in [7, 11) is 1.33. The number of aromatic nitrogens is 2. The van der Waals surface area contributed by atoms with Crippen LogP contribution in [0.15, 0.2) is 36.4 Å². The summed E-state index contributed by atoms with van der Waals surface area (Å²) in [4.78, 5) is 25.3. The van der Waals surface area contributed by atoms with E-state index in [0.717, 1.165) is 21.6 Å². The molecule has 1 N–H and O–H groups in total. The largest absolute Gasteiger partial charge is 0.469 e. The van der Waals surface area contributed by atoms with E-state index in [0.29, 0.717) is 4.88 Å². The highest BCUT2D eigenvalue weighted by Gasteiger charge is 2.19. The van der Waals surface area contributed by atoms with Crippen molar-refractivity contribution in [2.45, 2.75) is 26.3 Å². The number of nitrogens with zero attached hydrogens (tertiary/aromatic N) is 2. The molecule has 7 heteroatoms. The van der Waals surface area contributed by atoms with Crippen molar-refractivity contribution in [1.82, 2.24) is 15.1 Å². The molecule has 1 unspecified atom stereocenters. The van der Waals surface area contributed by atoms with Gasteiger partial charge in [0, 0.05) is 11.4 Å². The molecule has 2 heterocycles. The maximum atomic E-state index is 12.5. The maximum Gasteiger partial charge on any atom is 0.307 e. The van der Waals surface area contributed by atoms with Gasteiger partial charge in [0.05, 0.1) is 29.8 Å². The summed E-state index contributed by atoms with van der Waals surface area (Å²) >= 11 is 1.39. The molecule has 0 spiro atoms. The molecule has 0 radical (unpaired) electrons. The number of hydrogen-bond donors (Lipinski definition) is 1. The van der Waals surface area contributed by atoms with E-state index in [2.05, 4.69) is 15.2 Å².